The summed E-state index contributed by atoms with van der Waals surface area (Å²) < 4.78 is 282. The van der Waals surface area contributed by atoms with Crippen molar-refractivity contribution in [2.75, 3.05) is 0 Å². The van der Waals surface area contributed by atoms with Crippen LogP contribution in [0.2, 0.25) is 0 Å². The Hall–Kier alpha value is -6.84. The van der Waals surface area contributed by atoms with Crippen LogP contribution >= 0.6 is 0 Å². The van der Waals surface area contributed by atoms with Gasteiger partial charge in [0.15, 0.2) is 0 Å². The highest BCUT2D eigenvalue weighted by atomic mass is 15.0. The lowest BCUT2D eigenvalue weighted by Crippen LogP contribution is -1.98. The highest BCUT2D eigenvalue weighted by Crippen LogP contribution is 2.39. The molecule has 3 heterocycles. The van der Waals surface area contributed by atoms with Crippen LogP contribution in [-0.2, 0) is 0 Å². The van der Waals surface area contributed by atoms with E-state index >= 15 is 0 Å². The molecule has 0 unspecified atom stereocenters. The van der Waals surface area contributed by atoms with Gasteiger partial charge in [0.05, 0.1) is 75.6 Å². The Balaban J connectivity index is 1.34. The average Bonchev–Trinajstić information content (AvgIpc) is 1.63. The first-order valence-corrected chi connectivity index (χ1v) is 15.0. The smallest absolute Gasteiger partial charge is 0.0667 e. The molecule has 3 heteroatoms. The molecule has 0 saturated heterocycles. The van der Waals surface area contributed by atoms with E-state index in [0.717, 1.165) is 9.13 Å². The molecule has 0 saturated carbocycles. The van der Waals surface area contributed by atoms with Gasteiger partial charge in [-0.25, -0.2) is 0 Å². The molecule has 0 spiro atoms. The standard InChI is InChI=1S/C48H31N3/c1-2-13-34(14-3-1)49-45-23-10-6-19-39(45)41-29-32(25-27-47(41)49)33-26-28-48-42(30-33)40-20-7-11-24-46(40)51(48)36-16-12-15-35(31-36)50-43-21-8-4-17-37(43)38-18-5-9-22-44(38)50/h1-31H/i1D,2D,3D,4D,5D,6D,7D,8D,9D,10D,11D,12D,13D,14D,15D,16D,17D,18D,19D,20D,21D,22D,23D,24D,25D,26D,27D,28D,29D,30D,31D. The molecule has 3 aromatic heterocycles. The zero-order chi connectivity index (χ0) is 60.4. The predicted molar refractivity (Wildman–Crippen MR) is 215 cm³/mol. The molecule has 0 N–H and O–H groups in total. The van der Waals surface area contributed by atoms with Crippen molar-refractivity contribution in [2.24, 2.45) is 0 Å². The van der Waals surface area contributed by atoms with Gasteiger partial charge in [-0.1, -0.05) is 109 Å². The van der Waals surface area contributed by atoms with Crippen LogP contribution in [0.25, 0.3) is 93.6 Å². The minimum Gasteiger partial charge on any atom is -0.309 e. The zero-order valence-corrected chi connectivity index (χ0v) is 25.3. The number of benzene rings is 8. The average molecular weight is 681 g/mol. The van der Waals surface area contributed by atoms with Gasteiger partial charge >= 0.3 is 0 Å². The van der Waals surface area contributed by atoms with Gasteiger partial charge < -0.3 is 13.7 Å². The van der Waals surface area contributed by atoms with Crippen molar-refractivity contribution in [3.63, 3.8) is 0 Å². The molecule has 238 valence electrons. The fraction of sp³-hybridized carbons (Fsp3) is 0. The molecule has 11 aromatic rings. The van der Waals surface area contributed by atoms with E-state index in [-0.39, 0.29) is 0 Å². The van der Waals surface area contributed by atoms with Crippen LogP contribution in [-0.4, -0.2) is 13.7 Å². The van der Waals surface area contributed by atoms with Gasteiger partial charge in [-0.2, -0.15) is 0 Å². The molecule has 11 rings (SSSR count). The van der Waals surface area contributed by atoms with E-state index in [4.69, 9.17) is 26.0 Å². The highest BCUT2D eigenvalue weighted by molar-refractivity contribution is 6.13. The molecule has 3 nitrogen and oxygen atoms in total. The third-order valence-corrected chi connectivity index (χ3v) is 8.35. The van der Waals surface area contributed by atoms with E-state index in [9.17, 15) is 16.4 Å². The van der Waals surface area contributed by atoms with Gasteiger partial charge in [0, 0.05) is 49.4 Å². The van der Waals surface area contributed by atoms with Crippen LogP contribution in [0.3, 0.4) is 0 Å². The summed E-state index contributed by atoms with van der Waals surface area (Å²) in [6, 6.07) is -29.3. The molecule has 0 bridgehead atoms. The Labute approximate surface area is 338 Å². The first-order chi connectivity index (χ1) is 38.2. The third-order valence-electron chi connectivity index (χ3n) is 8.35. The van der Waals surface area contributed by atoms with Crippen LogP contribution in [0, 0.1) is 0 Å². The van der Waals surface area contributed by atoms with Gasteiger partial charge in [-0.05, 0) is 89.7 Å². The number of rotatable bonds is 4. The zero-order valence-electron chi connectivity index (χ0n) is 56.3. The Morgan fingerprint density at radius 3 is 1.04 bits per heavy atom. The lowest BCUT2D eigenvalue weighted by Gasteiger charge is -2.13. The Morgan fingerprint density at radius 1 is 0.255 bits per heavy atom. The van der Waals surface area contributed by atoms with E-state index in [1.807, 2.05) is 0 Å². The first-order valence-electron chi connectivity index (χ1n) is 30.5. The summed E-state index contributed by atoms with van der Waals surface area (Å²) in [5.41, 5.74) is -8.29. The number of hydrogen-bond donors (Lipinski definition) is 0. The van der Waals surface area contributed by atoms with Gasteiger partial charge in [0.1, 0.15) is 0 Å². The van der Waals surface area contributed by atoms with Crippen molar-refractivity contribution in [3.8, 4) is 28.2 Å². The quantitative estimate of drug-likeness (QED) is 0.176. The number of para-hydroxylation sites is 5. The maximum absolute atomic E-state index is 9.94. The lowest BCUT2D eigenvalue weighted by atomic mass is 10.0. The molecule has 0 aliphatic carbocycles. The van der Waals surface area contributed by atoms with Crippen molar-refractivity contribution < 1.29 is 42.5 Å². The second kappa shape index (κ2) is 10.8. The largest absolute Gasteiger partial charge is 0.309 e. The normalized spacial score (nSPS) is 20.4. The van der Waals surface area contributed by atoms with Crippen LogP contribution < -0.4 is 0 Å². The third kappa shape index (κ3) is 4.12. The molecule has 0 aliphatic rings. The van der Waals surface area contributed by atoms with E-state index in [0.29, 0.717) is 4.57 Å². The fourth-order valence-electron chi connectivity index (χ4n) is 6.27. The topological polar surface area (TPSA) is 14.8 Å². The van der Waals surface area contributed by atoms with Gasteiger partial charge in [-0.15, -0.1) is 0 Å². The lowest BCUT2D eigenvalue weighted by molar-refractivity contribution is 1.13. The van der Waals surface area contributed by atoms with Gasteiger partial charge in [0.2, 0.25) is 0 Å². The van der Waals surface area contributed by atoms with Crippen molar-refractivity contribution in [1.82, 2.24) is 13.7 Å². The SMILES string of the molecule is [2H]c1c([2H])c([2H])c(-n2c3c([2H])c([2H])c([2H])c([2H])c3c3c([2H])c(-c4c([2H])c([2H])c5c(c4[2H])c4c([2H])c([2H])c([2H])c([2H])c4n5-c4c([2H])c([2H])c([2H])c(-n5c6c([2H])c([2H])c([2H])c([2H])c6c6c([2H])c([2H])c([2H])c([2H])c65)c4[2H])c([2H])c([2H])c32)c([2H])c1[2H]. The molecular weight excluding hydrogens is 619 g/mol. The van der Waals surface area contributed by atoms with Crippen molar-refractivity contribution >= 4 is 65.4 Å². The molecule has 0 fully saturated rings. The fourth-order valence-corrected chi connectivity index (χ4v) is 6.27. The summed E-state index contributed by atoms with van der Waals surface area (Å²) >= 11 is 0. The highest BCUT2D eigenvalue weighted by Gasteiger charge is 2.17. The van der Waals surface area contributed by atoms with Crippen LogP contribution in [0.5, 0.6) is 0 Å². The van der Waals surface area contributed by atoms with Crippen molar-refractivity contribution in [3.05, 3.63) is 187 Å². The number of nitrogens with zero attached hydrogens (tertiary/aromatic N) is 3. The monoisotopic (exact) mass is 680 g/mol. The summed E-state index contributed by atoms with van der Waals surface area (Å²) in [6.45, 7) is 0. The summed E-state index contributed by atoms with van der Waals surface area (Å²) in [6.07, 6.45) is 0. The van der Waals surface area contributed by atoms with Crippen molar-refractivity contribution in [2.45, 2.75) is 0 Å². The molecule has 0 radical (unpaired) electrons. The summed E-state index contributed by atoms with van der Waals surface area (Å²) in [5.74, 6) is 0. The van der Waals surface area contributed by atoms with E-state index in [2.05, 4.69) is 0 Å². The number of aromatic nitrogens is 3. The Morgan fingerprint density at radius 2 is 0.588 bits per heavy atom. The summed E-state index contributed by atoms with van der Waals surface area (Å²) in [4.78, 5) is 0. The molecule has 0 atom stereocenters. The first kappa shape index (κ1) is 11.3. The Bertz CT molecular complexity index is 4830. The summed E-state index contributed by atoms with van der Waals surface area (Å²) in [5, 5.41) is -3.58. The minimum absolute atomic E-state index is 0.505. The van der Waals surface area contributed by atoms with Crippen LogP contribution in [0.4, 0.5) is 0 Å². The van der Waals surface area contributed by atoms with Crippen LogP contribution in [0.15, 0.2) is 187 Å². The second-order valence-corrected chi connectivity index (χ2v) is 11.0. The van der Waals surface area contributed by atoms with E-state index in [1.165, 1.54) is 0 Å². The van der Waals surface area contributed by atoms with Gasteiger partial charge in [-0.3, -0.25) is 0 Å². The molecule has 51 heavy (non-hydrogen) atoms. The molecule has 0 aliphatic heterocycles. The number of hydrogen-bond acceptors (Lipinski definition) is 0. The van der Waals surface area contributed by atoms with E-state index in [1.54, 1.807) is 0 Å². The molecular formula is C48H31N3. The maximum Gasteiger partial charge on any atom is 0.0667 e. The summed E-state index contributed by atoms with van der Waals surface area (Å²) in [7, 11) is 0. The van der Waals surface area contributed by atoms with E-state index < -0.39 is 281 Å². The van der Waals surface area contributed by atoms with Crippen LogP contribution in [0.1, 0.15) is 42.5 Å². The number of fused-ring (bicyclic) bond motifs is 9. The molecule has 8 aromatic carbocycles. The van der Waals surface area contributed by atoms with Gasteiger partial charge in [0.25, 0.3) is 0 Å². The molecule has 0 amide bonds. The minimum atomic E-state index is -1.11. The maximum atomic E-state index is 9.94. The Kier molecular flexibility index (Phi) is 2.41. The predicted octanol–water partition coefficient (Wildman–Crippen LogP) is 12.6. The van der Waals surface area contributed by atoms with Crippen molar-refractivity contribution in [1.29, 1.82) is 0 Å². The second-order valence-electron chi connectivity index (χ2n) is 11.0.